The van der Waals surface area contributed by atoms with Crippen LogP contribution in [-0.4, -0.2) is 56.7 Å². The van der Waals surface area contributed by atoms with Gasteiger partial charge in [0.15, 0.2) is 0 Å². The zero-order valence-corrected chi connectivity index (χ0v) is 13.2. The number of carbonyl (C=O) groups is 2. The zero-order valence-electron chi connectivity index (χ0n) is 13.2. The highest BCUT2D eigenvalue weighted by molar-refractivity contribution is 5.69. The predicted molar refractivity (Wildman–Crippen MR) is 78.8 cm³/mol. The van der Waals surface area contributed by atoms with Crippen LogP contribution in [0.1, 0.15) is 32.4 Å². The summed E-state index contributed by atoms with van der Waals surface area (Å²) >= 11 is 0. The van der Waals surface area contributed by atoms with Crippen molar-refractivity contribution in [2.45, 2.75) is 45.4 Å². The first kappa shape index (κ1) is 16.1. The summed E-state index contributed by atoms with van der Waals surface area (Å²) in [5, 5.41) is 16.2. The van der Waals surface area contributed by atoms with Gasteiger partial charge in [-0.05, 0) is 33.3 Å². The van der Waals surface area contributed by atoms with Crippen molar-refractivity contribution >= 4 is 12.2 Å². The van der Waals surface area contributed by atoms with Crippen molar-refractivity contribution < 1.29 is 19.4 Å². The SMILES string of the molecule is Cc1cnn(C2CN(C(=O)O)CC2NC(=O)OC(C)(C)C)c1. The number of likely N-dealkylation sites (tertiary alicyclic amines) is 1. The monoisotopic (exact) mass is 310 g/mol. The summed E-state index contributed by atoms with van der Waals surface area (Å²) in [5.74, 6) is 0. The number of nitrogens with zero attached hydrogens (tertiary/aromatic N) is 3. The first-order valence-electron chi connectivity index (χ1n) is 7.14. The molecule has 8 nitrogen and oxygen atoms in total. The third kappa shape index (κ3) is 3.90. The molecule has 1 fully saturated rings. The second-order valence-corrected chi connectivity index (χ2v) is 6.51. The predicted octanol–water partition coefficient (Wildman–Crippen LogP) is 1.62. The van der Waals surface area contributed by atoms with E-state index in [4.69, 9.17) is 4.74 Å². The summed E-state index contributed by atoms with van der Waals surface area (Å²) in [6, 6.07) is -0.637. The highest BCUT2D eigenvalue weighted by Gasteiger charge is 2.38. The van der Waals surface area contributed by atoms with Crippen molar-refractivity contribution in [3.05, 3.63) is 18.0 Å². The lowest BCUT2D eigenvalue weighted by molar-refractivity contribution is 0.0495. The van der Waals surface area contributed by atoms with Crippen LogP contribution in [0.3, 0.4) is 0 Å². The van der Waals surface area contributed by atoms with Gasteiger partial charge in [0, 0.05) is 19.3 Å². The molecule has 8 heteroatoms. The Morgan fingerprint density at radius 1 is 1.41 bits per heavy atom. The van der Waals surface area contributed by atoms with Gasteiger partial charge in [0.25, 0.3) is 0 Å². The van der Waals surface area contributed by atoms with Crippen molar-refractivity contribution in [1.82, 2.24) is 20.0 Å². The molecular weight excluding hydrogens is 288 g/mol. The van der Waals surface area contributed by atoms with E-state index in [1.807, 2.05) is 13.1 Å². The maximum atomic E-state index is 11.9. The number of hydrogen-bond acceptors (Lipinski definition) is 4. The molecule has 22 heavy (non-hydrogen) atoms. The summed E-state index contributed by atoms with van der Waals surface area (Å²) in [6.07, 6.45) is 1.97. The second-order valence-electron chi connectivity index (χ2n) is 6.51. The molecule has 2 heterocycles. The number of hydrogen-bond donors (Lipinski definition) is 2. The lowest BCUT2D eigenvalue weighted by atomic mass is 10.2. The van der Waals surface area contributed by atoms with Gasteiger partial charge in [-0.15, -0.1) is 0 Å². The van der Waals surface area contributed by atoms with Gasteiger partial charge < -0.3 is 20.1 Å². The fourth-order valence-electron chi connectivity index (χ4n) is 2.43. The largest absolute Gasteiger partial charge is 0.465 e. The average Bonchev–Trinajstić information content (AvgIpc) is 2.93. The minimum atomic E-state index is -1.01. The molecule has 1 aliphatic rings. The summed E-state index contributed by atoms with van der Waals surface area (Å²) in [4.78, 5) is 24.4. The Morgan fingerprint density at radius 2 is 2.09 bits per heavy atom. The van der Waals surface area contributed by atoms with Crippen molar-refractivity contribution in [3.8, 4) is 0 Å². The number of carbonyl (C=O) groups excluding carboxylic acids is 1. The first-order valence-corrected chi connectivity index (χ1v) is 7.14. The van der Waals surface area contributed by atoms with Gasteiger partial charge in [-0.2, -0.15) is 5.10 Å². The molecule has 1 aromatic rings. The molecule has 0 bridgehead atoms. The lowest BCUT2D eigenvalue weighted by Gasteiger charge is -2.24. The molecule has 2 rings (SSSR count). The topological polar surface area (TPSA) is 96.7 Å². The number of nitrogens with one attached hydrogen (secondary N) is 1. The van der Waals surface area contributed by atoms with Crippen molar-refractivity contribution in [1.29, 1.82) is 0 Å². The Hall–Kier alpha value is -2.25. The Balaban J connectivity index is 2.11. The molecule has 0 aliphatic carbocycles. The molecule has 0 aromatic carbocycles. The molecule has 2 unspecified atom stereocenters. The van der Waals surface area contributed by atoms with E-state index in [1.54, 1.807) is 31.6 Å². The summed E-state index contributed by atoms with van der Waals surface area (Å²) in [5.41, 5.74) is 0.372. The quantitative estimate of drug-likeness (QED) is 0.865. The first-order chi connectivity index (χ1) is 10.2. The normalized spacial score (nSPS) is 21.7. The molecule has 1 aliphatic heterocycles. The van der Waals surface area contributed by atoms with Crippen LogP contribution in [0.25, 0.3) is 0 Å². The molecule has 2 atom stereocenters. The number of carboxylic acid groups (broad SMARTS) is 1. The number of aryl methyl sites for hydroxylation is 1. The maximum absolute atomic E-state index is 11.9. The number of rotatable bonds is 2. The fourth-order valence-corrected chi connectivity index (χ4v) is 2.43. The van der Waals surface area contributed by atoms with E-state index >= 15 is 0 Å². The molecular formula is C14H22N4O4. The number of ether oxygens (including phenoxy) is 1. The van der Waals surface area contributed by atoms with Crippen LogP contribution in [0, 0.1) is 6.92 Å². The van der Waals surface area contributed by atoms with Crippen molar-refractivity contribution in [3.63, 3.8) is 0 Å². The smallest absolute Gasteiger partial charge is 0.408 e. The third-order valence-electron chi connectivity index (χ3n) is 3.33. The molecule has 122 valence electrons. The molecule has 0 spiro atoms. The van der Waals surface area contributed by atoms with Crippen molar-refractivity contribution in [2.24, 2.45) is 0 Å². The van der Waals surface area contributed by atoms with E-state index in [0.717, 1.165) is 5.56 Å². The van der Waals surface area contributed by atoms with Crippen LogP contribution in [0.15, 0.2) is 12.4 Å². The summed E-state index contributed by atoms with van der Waals surface area (Å²) in [6.45, 7) is 7.72. The molecule has 1 aromatic heterocycles. The van der Waals surface area contributed by atoms with Gasteiger partial charge in [-0.25, -0.2) is 9.59 Å². The lowest BCUT2D eigenvalue weighted by Crippen LogP contribution is -2.44. The standard InChI is InChI=1S/C14H22N4O4/c1-9-5-15-18(6-9)11-8-17(13(20)21)7-10(11)16-12(19)22-14(2,3)4/h5-6,10-11H,7-8H2,1-4H3,(H,16,19)(H,20,21). The van der Waals surface area contributed by atoms with Crippen LogP contribution in [0.2, 0.25) is 0 Å². The third-order valence-corrected chi connectivity index (χ3v) is 3.33. The van der Waals surface area contributed by atoms with E-state index in [2.05, 4.69) is 10.4 Å². The van der Waals surface area contributed by atoms with Crippen LogP contribution in [0.4, 0.5) is 9.59 Å². The molecule has 0 radical (unpaired) electrons. The van der Waals surface area contributed by atoms with E-state index in [-0.39, 0.29) is 25.2 Å². The molecule has 1 saturated heterocycles. The van der Waals surface area contributed by atoms with Crippen LogP contribution >= 0.6 is 0 Å². The van der Waals surface area contributed by atoms with Gasteiger partial charge >= 0.3 is 12.2 Å². The average molecular weight is 310 g/mol. The highest BCUT2D eigenvalue weighted by atomic mass is 16.6. The van der Waals surface area contributed by atoms with Crippen LogP contribution in [0.5, 0.6) is 0 Å². The summed E-state index contributed by atoms with van der Waals surface area (Å²) in [7, 11) is 0. The number of alkyl carbamates (subject to hydrolysis) is 1. The second kappa shape index (κ2) is 5.86. The molecule has 2 N–H and O–H groups in total. The van der Waals surface area contributed by atoms with Gasteiger partial charge in [0.2, 0.25) is 0 Å². The van der Waals surface area contributed by atoms with E-state index < -0.39 is 17.8 Å². The van der Waals surface area contributed by atoms with Gasteiger partial charge in [0.05, 0.1) is 18.3 Å². The van der Waals surface area contributed by atoms with Gasteiger partial charge in [0.1, 0.15) is 5.60 Å². The highest BCUT2D eigenvalue weighted by Crippen LogP contribution is 2.22. The van der Waals surface area contributed by atoms with Crippen LogP contribution in [-0.2, 0) is 4.74 Å². The Morgan fingerprint density at radius 3 is 2.59 bits per heavy atom. The fraction of sp³-hybridized carbons (Fsp3) is 0.643. The minimum absolute atomic E-state index is 0.206. The number of aromatic nitrogens is 2. The van der Waals surface area contributed by atoms with E-state index in [9.17, 15) is 14.7 Å². The zero-order chi connectivity index (χ0) is 16.5. The summed E-state index contributed by atoms with van der Waals surface area (Å²) < 4.78 is 6.93. The minimum Gasteiger partial charge on any atom is -0.465 e. The Kier molecular flexibility index (Phi) is 4.30. The number of amides is 2. The van der Waals surface area contributed by atoms with Gasteiger partial charge in [-0.1, -0.05) is 0 Å². The molecule has 2 amide bonds. The Labute approximate surface area is 129 Å². The van der Waals surface area contributed by atoms with Gasteiger partial charge in [-0.3, -0.25) is 4.68 Å². The van der Waals surface area contributed by atoms with E-state index in [1.165, 1.54) is 4.90 Å². The molecule has 0 saturated carbocycles. The maximum Gasteiger partial charge on any atom is 0.408 e. The van der Waals surface area contributed by atoms with E-state index in [0.29, 0.717) is 0 Å². The van der Waals surface area contributed by atoms with Crippen LogP contribution < -0.4 is 5.32 Å². The van der Waals surface area contributed by atoms with Crippen molar-refractivity contribution in [2.75, 3.05) is 13.1 Å². The Bertz CT molecular complexity index is 563.